The topological polar surface area (TPSA) is 63.6 Å². The third kappa shape index (κ3) is 4.03. The minimum absolute atomic E-state index is 0.278. The van der Waals surface area contributed by atoms with Crippen LogP contribution in [0.25, 0.3) is 0 Å². The van der Waals surface area contributed by atoms with Gasteiger partial charge in [0.15, 0.2) is 0 Å². The van der Waals surface area contributed by atoms with Gasteiger partial charge in [-0.05, 0) is 81.0 Å². The zero-order valence-electron chi connectivity index (χ0n) is 15.8. The van der Waals surface area contributed by atoms with E-state index in [1.165, 1.54) is 25.7 Å². The van der Waals surface area contributed by atoms with Crippen molar-refractivity contribution in [2.24, 2.45) is 41.4 Å². The van der Waals surface area contributed by atoms with E-state index in [1.54, 1.807) is 0 Å². The summed E-state index contributed by atoms with van der Waals surface area (Å²) in [5.74, 6) is 1.81. The fourth-order valence-corrected chi connectivity index (χ4v) is 6.15. The standard InChI is InChI=1S/C21H34O4/c1-3-16-14-7-8-15(12-14)17(16)5-4-10-25-21(24)18-9-6-13(2)11-19(18)20(22)23/h13-19H,3-12H2,1-2H3,(H,22,23). The Morgan fingerprint density at radius 3 is 2.40 bits per heavy atom. The second-order valence-electron chi connectivity index (χ2n) is 8.85. The molecular formula is C21H34O4. The first kappa shape index (κ1) is 18.7. The minimum Gasteiger partial charge on any atom is -0.481 e. The van der Waals surface area contributed by atoms with Crippen LogP contribution in [0.5, 0.6) is 0 Å². The lowest BCUT2D eigenvalue weighted by Crippen LogP contribution is -2.36. The van der Waals surface area contributed by atoms with Crippen LogP contribution in [-0.2, 0) is 14.3 Å². The Morgan fingerprint density at radius 2 is 1.72 bits per heavy atom. The second-order valence-corrected chi connectivity index (χ2v) is 8.85. The highest BCUT2D eigenvalue weighted by atomic mass is 16.5. The molecular weight excluding hydrogens is 316 g/mol. The van der Waals surface area contributed by atoms with Crippen LogP contribution < -0.4 is 0 Å². The van der Waals surface area contributed by atoms with Crippen molar-refractivity contribution in [1.82, 2.24) is 0 Å². The highest BCUT2D eigenvalue weighted by molar-refractivity contribution is 5.81. The van der Waals surface area contributed by atoms with Gasteiger partial charge in [-0.1, -0.05) is 20.3 Å². The van der Waals surface area contributed by atoms with Gasteiger partial charge in [-0.25, -0.2) is 0 Å². The molecule has 25 heavy (non-hydrogen) atoms. The number of fused-ring (bicyclic) bond motifs is 2. The zero-order chi connectivity index (χ0) is 18.0. The summed E-state index contributed by atoms with van der Waals surface area (Å²) in [6, 6.07) is 0. The number of carboxylic acids is 1. The molecule has 0 amide bonds. The van der Waals surface area contributed by atoms with Gasteiger partial charge in [0.05, 0.1) is 18.4 Å². The SMILES string of the molecule is CCC1C2CCC(C2)C1CCCOC(=O)C1CCC(C)CC1C(=O)O. The number of carbonyl (C=O) groups is 2. The van der Waals surface area contributed by atoms with Gasteiger partial charge in [-0.2, -0.15) is 0 Å². The second kappa shape index (κ2) is 8.09. The number of ether oxygens (including phenoxy) is 1. The average molecular weight is 350 g/mol. The van der Waals surface area contributed by atoms with Crippen LogP contribution in [0.3, 0.4) is 0 Å². The summed E-state index contributed by atoms with van der Waals surface area (Å²) in [5, 5.41) is 9.40. The average Bonchev–Trinajstić information content (AvgIpc) is 3.19. The molecule has 4 nitrogen and oxygen atoms in total. The van der Waals surface area contributed by atoms with E-state index in [-0.39, 0.29) is 5.97 Å². The van der Waals surface area contributed by atoms with E-state index in [4.69, 9.17) is 4.74 Å². The van der Waals surface area contributed by atoms with Crippen LogP contribution in [-0.4, -0.2) is 23.7 Å². The Labute approximate surface area is 151 Å². The number of esters is 1. The molecule has 0 heterocycles. The molecule has 0 spiro atoms. The highest BCUT2D eigenvalue weighted by Gasteiger charge is 2.45. The Balaban J connectivity index is 1.42. The van der Waals surface area contributed by atoms with Gasteiger partial charge in [0, 0.05) is 0 Å². The van der Waals surface area contributed by atoms with Crippen molar-refractivity contribution >= 4 is 11.9 Å². The molecule has 7 atom stereocenters. The van der Waals surface area contributed by atoms with Crippen molar-refractivity contribution in [2.75, 3.05) is 6.61 Å². The van der Waals surface area contributed by atoms with Crippen molar-refractivity contribution < 1.29 is 19.4 Å². The van der Waals surface area contributed by atoms with Crippen molar-refractivity contribution in [1.29, 1.82) is 0 Å². The predicted molar refractivity (Wildman–Crippen MR) is 95.9 cm³/mol. The van der Waals surface area contributed by atoms with Gasteiger partial charge in [-0.3, -0.25) is 9.59 Å². The molecule has 4 heteroatoms. The fourth-order valence-electron chi connectivity index (χ4n) is 6.15. The van der Waals surface area contributed by atoms with E-state index < -0.39 is 17.8 Å². The quantitative estimate of drug-likeness (QED) is 0.541. The number of hydrogen-bond donors (Lipinski definition) is 1. The molecule has 142 valence electrons. The van der Waals surface area contributed by atoms with Crippen LogP contribution in [0.4, 0.5) is 0 Å². The molecule has 0 aromatic carbocycles. The molecule has 3 fully saturated rings. The summed E-state index contributed by atoms with van der Waals surface area (Å²) >= 11 is 0. The normalized spacial score (nSPS) is 40.2. The first-order chi connectivity index (χ1) is 12.0. The van der Waals surface area contributed by atoms with Gasteiger partial charge in [0.1, 0.15) is 0 Å². The molecule has 2 bridgehead atoms. The molecule has 3 aliphatic rings. The maximum absolute atomic E-state index is 12.4. The van der Waals surface area contributed by atoms with Crippen molar-refractivity contribution in [2.45, 2.75) is 71.6 Å². The molecule has 0 aliphatic heterocycles. The molecule has 0 radical (unpaired) electrons. The van der Waals surface area contributed by atoms with E-state index in [2.05, 4.69) is 13.8 Å². The maximum Gasteiger partial charge on any atom is 0.309 e. The fraction of sp³-hybridized carbons (Fsp3) is 0.905. The molecule has 1 N–H and O–H groups in total. The molecule has 3 saturated carbocycles. The zero-order valence-corrected chi connectivity index (χ0v) is 15.8. The van der Waals surface area contributed by atoms with E-state index in [1.807, 2.05) is 0 Å². The molecule has 0 aromatic heterocycles. The summed E-state index contributed by atoms with van der Waals surface area (Å²) < 4.78 is 5.50. The number of aliphatic carboxylic acids is 1. The number of carboxylic acid groups (broad SMARTS) is 1. The first-order valence-electron chi connectivity index (χ1n) is 10.4. The first-order valence-corrected chi connectivity index (χ1v) is 10.4. The number of carbonyl (C=O) groups excluding carboxylic acids is 1. The molecule has 7 unspecified atom stereocenters. The summed E-state index contributed by atoms with van der Waals surface area (Å²) in [7, 11) is 0. The summed E-state index contributed by atoms with van der Waals surface area (Å²) in [6.07, 6.45) is 9.79. The van der Waals surface area contributed by atoms with Crippen molar-refractivity contribution in [3.8, 4) is 0 Å². The van der Waals surface area contributed by atoms with Gasteiger partial charge in [-0.15, -0.1) is 0 Å². The lowest BCUT2D eigenvalue weighted by Gasteiger charge is -2.31. The van der Waals surface area contributed by atoms with Crippen LogP contribution in [0.2, 0.25) is 0 Å². The smallest absolute Gasteiger partial charge is 0.309 e. The van der Waals surface area contributed by atoms with Crippen LogP contribution in [0, 0.1) is 41.4 Å². The summed E-state index contributed by atoms with van der Waals surface area (Å²) in [6.45, 7) is 4.84. The molecule has 0 aromatic rings. The Bertz CT molecular complexity index is 488. The number of hydrogen-bond acceptors (Lipinski definition) is 3. The van der Waals surface area contributed by atoms with Gasteiger partial charge < -0.3 is 9.84 Å². The van der Waals surface area contributed by atoms with Crippen LogP contribution in [0.1, 0.15) is 71.6 Å². The minimum atomic E-state index is -0.846. The van der Waals surface area contributed by atoms with Crippen molar-refractivity contribution in [3.05, 3.63) is 0 Å². The Morgan fingerprint density at radius 1 is 1.00 bits per heavy atom. The predicted octanol–water partition coefficient (Wildman–Crippen LogP) is 4.52. The van der Waals surface area contributed by atoms with Gasteiger partial charge >= 0.3 is 11.9 Å². The van der Waals surface area contributed by atoms with Crippen LogP contribution in [0.15, 0.2) is 0 Å². The molecule has 0 saturated heterocycles. The largest absolute Gasteiger partial charge is 0.481 e. The van der Waals surface area contributed by atoms with Crippen LogP contribution >= 0.6 is 0 Å². The van der Waals surface area contributed by atoms with E-state index in [9.17, 15) is 14.7 Å². The molecule has 3 aliphatic carbocycles. The Kier molecular flexibility index (Phi) is 6.06. The summed E-state index contributed by atoms with van der Waals surface area (Å²) in [4.78, 5) is 23.8. The lowest BCUT2D eigenvalue weighted by atomic mass is 9.74. The maximum atomic E-state index is 12.4. The lowest BCUT2D eigenvalue weighted by molar-refractivity contribution is -0.160. The van der Waals surface area contributed by atoms with E-state index in [0.717, 1.165) is 42.9 Å². The van der Waals surface area contributed by atoms with E-state index in [0.29, 0.717) is 25.4 Å². The third-order valence-corrected chi connectivity index (χ3v) is 7.40. The number of rotatable bonds is 7. The van der Waals surface area contributed by atoms with Gasteiger partial charge in [0.2, 0.25) is 0 Å². The highest BCUT2D eigenvalue weighted by Crippen LogP contribution is 2.54. The van der Waals surface area contributed by atoms with E-state index >= 15 is 0 Å². The Hall–Kier alpha value is -1.06. The monoisotopic (exact) mass is 350 g/mol. The molecule has 3 rings (SSSR count). The third-order valence-electron chi connectivity index (χ3n) is 7.40. The van der Waals surface area contributed by atoms with Crippen molar-refractivity contribution in [3.63, 3.8) is 0 Å². The van der Waals surface area contributed by atoms with Gasteiger partial charge in [0.25, 0.3) is 0 Å². The summed E-state index contributed by atoms with van der Waals surface area (Å²) in [5.41, 5.74) is 0.